The third kappa shape index (κ3) is 5.16. The molecule has 1 fully saturated rings. The summed E-state index contributed by atoms with van der Waals surface area (Å²) in [5.41, 5.74) is 15.8. The number of carbonyl (C=O) groups excluding carboxylic acids is 3. The number of hydrogen-bond donors (Lipinski definition) is 3. The van der Waals surface area contributed by atoms with Crippen molar-refractivity contribution in [2.45, 2.75) is 32.1 Å². The Bertz CT molecular complexity index is 355. The van der Waals surface area contributed by atoms with Crippen LogP contribution in [0.25, 0.3) is 0 Å². The maximum Gasteiger partial charge on any atom is 0.237 e. The number of hydrogen-bond acceptors (Lipinski definition) is 4. The molecule has 1 aliphatic rings. The standard InChI is InChI=1S/C13H24N4O3/c14-5-4-9-2-1-3-10(6-9)13(20)17(7-11(15)18)8-12(16)19/h9-10H,1-8,14H2,(H2,15,18)(H2,16,19). The van der Waals surface area contributed by atoms with Crippen LogP contribution in [0, 0.1) is 11.8 Å². The highest BCUT2D eigenvalue weighted by Crippen LogP contribution is 2.31. The summed E-state index contributed by atoms with van der Waals surface area (Å²) in [6.45, 7) is 0.0809. The van der Waals surface area contributed by atoms with Crippen LogP contribution in [-0.4, -0.2) is 42.3 Å². The van der Waals surface area contributed by atoms with E-state index in [-0.39, 0.29) is 24.9 Å². The maximum atomic E-state index is 12.4. The van der Waals surface area contributed by atoms with Gasteiger partial charge in [0.25, 0.3) is 0 Å². The van der Waals surface area contributed by atoms with E-state index < -0.39 is 11.8 Å². The zero-order valence-electron chi connectivity index (χ0n) is 11.7. The molecule has 0 saturated heterocycles. The Balaban J connectivity index is 2.67. The van der Waals surface area contributed by atoms with Crippen molar-refractivity contribution in [3.05, 3.63) is 0 Å². The fourth-order valence-corrected chi connectivity index (χ4v) is 2.86. The topological polar surface area (TPSA) is 133 Å². The van der Waals surface area contributed by atoms with Crippen LogP contribution in [0.5, 0.6) is 0 Å². The minimum Gasteiger partial charge on any atom is -0.368 e. The zero-order chi connectivity index (χ0) is 15.1. The molecule has 0 aliphatic heterocycles. The molecule has 20 heavy (non-hydrogen) atoms. The van der Waals surface area contributed by atoms with Crippen LogP contribution in [-0.2, 0) is 14.4 Å². The second-order valence-corrected chi connectivity index (χ2v) is 5.43. The van der Waals surface area contributed by atoms with Gasteiger partial charge in [0, 0.05) is 5.92 Å². The van der Waals surface area contributed by atoms with Gasteiger partial charge in [-0.1, -0.05) is 12.8 Å². The number of rotatable bonds is 7. The van der Waals surface area contributed by atoms with Crippen molar-refractivity contribution < 1.29 is 14.4 Å². The highest BCUT2D eigenvalue weighted by atomic mass is 16.2. The van der Waals surface area contributed by atoms with Gasteiger partial charge in [0.1, 0.15) is 0 Å². The van der Waals surface area contributed by atoms with E-state index in [0.717, 1.165) is 32.1 Å². The van der Waals surface area contributed by atoms with Gasteiger partial charge >= 0.3 is 0 Å². The average Bonchev–Trinajstić information content (AvgIpc) is 2.37. The fourth-order valence-electron chi connectivity index (χ4n) is 2.86. The Kier molecular flexibility index (Phi) is 6.44. The normalized spacial score (nSPS) is 22.2. The van der Waals surface area contributed by atoms with Gasteiger partial charge in [0.2, 0.25) is 17.7 Å². The molecule has 2 atom stereocenters. The summed E-state index contributed by atoms with van der Waals surface area (Å²) in [7, 11) is 0. The third-order valence-corrected chi connectivity index (χ3v) is 3.71. The second-order valence-electron chi connectivity index (χ2n) is 5.43. The largest absolute Gasteiger partial charge is 0.368 e. The number of primary amides is 2. The molecule has 0 aromatic rings. The molecular formula is C13H24N4O3. The molecule has 114 valence electrons. The van der Waals surface area contributed by atoms with Crippen LogP contribution in [0.4, 0.5) is 0 Å². The zero-order valence-corrected chi connectivity index (χ0v) is 11.7. The van der Waals surface area contributed by atoms with Crippen molar-refractivity contribution in [3.63, 3.8) is 0 Å². The van der Waals surface area contributed by atoms with Gasteiger partial charge in [-0.3, -0.25) is 14.4 Å². The molecule has 1 aliphatic carbocycles. The van der Waals surface area contributed by atoms with Crippen molar-refractivity contribution in [1.29, 1.82) is 0 Å². The van der Waals surface area contributed by atoms with E-state index in [1.54, 1.807) is 0 Å². The second kappa shape index (κ2) is 7.84. The smallest absolute Gasteiger partial charge is 0.237 e. The quantitative estimate of drug-likeness (QED) is 0.549. The molecule has 6 N–H and O–H groups in total. The van der Waals surface area contributed by atoms with E-state index in [2.05, 4.69) is 0 Å². The number of nitrogens with two attached hydrogens (primary N) is 3. The van der Waals surface area contributed by atoms with Crippen molar-refractivity contribution in [3.8, 4) is 0 Å². The van der Waals surface area contributed by atoms with Gasteiger partial charge in [-0.2, -0.15) is 0 Å². The summed E-state index contributed by atoms with van der Waals surface area (Å²) in [5.74, 6) is -1.22. The Morgan fingerprint density at radius 2 is 1.65 bits per heavy atom. The molecule has 1 saturated carbocycles. The summed E-state index contributed by atoms with van der Waals surface area (Å²) < 4.78 is 0. The Morgan fingerprint density at radius 3 is 2.15 bits per heavy atom. The summed E-state index contributed by atoms with van der Waals surface area (Å²) in [6, 6.07) is 0. The predicted molar refractivity (Wildman–Crippen MR) is 74.1 cm³/mol. The molecular weight excluding hydrogens is 260 g/mol. The number of carbonyl (C=O) groups is 3. The van der Waals surface area contributed by atoms with Crippen LogP contribution in [0.3, 0.4) is 0 Å². The molecule has 0 aromatic heterocycles. The van der Waals surface area contributed by atoms with Crippen molar-refractivity contribution in [2.75, 3.05) is 19.6 Å². The van der Waals surface area contributed by atoms with Gasteiger partial charge in [-0.15, -0.1) is 0 Å². The predicted octanol–water partition coefficient (Wildman–Crippen LogP) is -1.06. The van der Waals surface area contributed by atoms with E-state index in [1.807, 2.05) is 0 Å². The molecule has 3 amide bonds. The Labute approximate surface area is 118 Å². The summed E-state index contributed by atoms with van der Waals surface area (Å²) in [4.78, 5) is 35.6. The Hall–Kier alpha value is -1.63. The van der Waals surface area contributed by atoms with E-state index in [1.165, 1.54) is 4.90 Å². The number of amides is 3. The fraction of sp³-hybridized carbons (Fsp3) is 0.769. The lowest BCUT2D eigenvalue weighted by atomic mass is 9.79. The molecule has 0 aromatic carbocycles. The number of nitrogens with zero attached hydrogens (tertiary/aromatic N) is 1. The average molecular weight is 284 g/mol. The van der Waals surface area contributed by atoms with Gasteiger partial charge in [0.15, 0.2) is 0 Å². The monoisotopic (exact) mass is 284 g/mol. The van der Waals surface area contributed by atoms with Crippen LogP contribution >= 0.6 is 0 Å². The van der Waals surface area contributed by atoms with Crippen molar-refractivity contribution in [1.82, 2.24) is 4.90 Å². The third-order valence-electron chi connectivity index (χ3n) is 3.71. The summed E-state index contributed by atoms with van der Waals surface area (Å²) >= 11 is 0. The molecule has 2 unspecified atom stereocenters. The van der Waals surface area contributed by atoms with Crippen LogP contribution in [0.2, 0.25) is 0 Å². The van der Waals surface area contributed by atoms with Crippen LogP contribution in [0.15, 0.2) is 0 Å². The van der Waals surface area contributed by atoms with Crippen LogP contribution in [0.1, 0.15) is 32.1 Å². The minimum atomic E-state index is -0.645. The van der Waals surface area contributed by atoms with Gasteiger partial charge < -0.3 is 22.1 Å². The van der Waals surface area contributed by atoms with E-state index in [9.17, 15) is 14.4 Å². The highest BCUT2D eigenvalue weighted by molar-refractivity contribution is 5.89. The highest BCUT2D eigenvalue weighted by Gasteiger charge is 2.31. The first-order chi connectivity index (χ1) is 9.43. The lowest BCUT2D eigenvalue weighted by Crippen LogP contribution is -2.46. The molecule has 0 spiro atoms. The summed E-state index contributed by atoms with van der Waals surface area (Å²) in [5, 5.41) is 0. The van der Waals surface area contributed by atoms with Gasteiger partial charge in [-0.05, 0) is 31.7 Å². The van der Waals surface area contributed by atoms with Crippen molar-refractivity contribution >= 4 is 17.7 Å². The maximum absolute atomic E-state index is 12.4. The van der Waals surface area contributed by atoms with Crippen LogP contribution < -0.4 is 17.2 Å². The van der Waals surface area contributed by atoms with Gasteiger partial charge in [0.05, 0.1) is 13.1 Å². The summed E-state index contributed by atoms with van der Waals surface area (Å²) in [6.07, 6.45) is 4.46. The molecule has 0 radical (unpaired) electrons. The Morgan fingerprint density at radius 1 is 1.05 bits per heavy atom. The first-order valence-electron chi connectivity index (χ1n) is 6.99. The van der Waals surface area contributed by atoms with E-state index >= 15 is 0 Å². The van der Waals surface area contributed by atoms with E-state index in [0.29, 0.717) is 12.5 Å². The minimum absolute atomic E-state index is 0.168. The molecule has 1 rings (SSSR count). The molecule has 7 heteroatoms. The first kappa shape index (κ1) is 16.4. The lowest BCUT2D eigenvalue weighted by Gasteiger charge is -2.31. The SMILES string of the molecule is NCCC1CCCC(C(=O)N(CC(N)=O)CC(N)=O)C1. The lowest BCUT2D eigenvalue weighted by molar-refractivity contribution is -0.142. The van der Waals surface area contributed by atoms with E-state index in [4.69, 9.17) is 17.2 Å². The molecule has 0 bridgehead atoms. The molecule has 7 nitrogen and oxygen atoms in total. The first-order valence-corrected chi connectivity index (χ1v) is 6.99. The molecule has 0 heterocycles. The van der Waals surface area contributed by atoms with Gasteiger partial charge in [-0.25, -0.2) is 0 Å². The van der Waals surface area contributed by atoms with Crippen molar-refractivity contribution in [2.24, 2.45) is 29.0 Å².